The van der Waals surface area contributed by atoms with Crippen LogP contribution in [0.1, 0.15) is 28.4 Å². The molecule has 0 fully saturated rings. The Morgan fingerprint density at radius 2 is 2.15 bits per heavy atom. The molecule has 0 bridgehead atoms. The summed E-state index contributed by atoms with van der Waals surface area (Å²) in [5.74, 6) is 5.26. The van der Waals surface area contributed by atoms with Crippen molar-refractivity contribution in [2.45, 2.75) is 19.9 Å². The van der Waals surface area contributed by atoms with Crippen LogP contribution < -0.4 is 11.1 Å². The number of likely N-dealkylation sites (N-methyl/N-ethyl adjacent to an activating group) is 1. The molecule has 0 aliphatic carbocycles. The SMILES string of the molecule is CC(C)NC(=O)CN(C)C(=O)c1ccc(C#CCN)s1. The summed E-state index contributed by atoms with van der Waals surface area (Å²) in [5, 5.41) is 2.75. The summed E-state index contributed by atoms with van der Waals surface area (Å²) in [4.78, 5) is 26.5. The van der Waals surface area contributed by atoms with Crippen molar-refractivity contribution >= 4 is 23.2 Å². The Morgan fingerprint density at radius 3 is 2.75 bits per heavy atom. The molecule has 108 valence electrons. The van der Waals surface area contributed by atoms with Gasteiger partial charge in [0.25, 0.3) is 5.91 Å². The van der Waals surface area contributed by atoms with Crippen LogP contribution in [0.4, 0.5) is 0 Å². The molecule has 2 amide bonds. The second-order valence-electron chi connectivity index (χ2n) is 4.55. The fourth-order valence-corrected chi connectivity index (χ4v) is 2.38. The molecule has 0 aromatic carbocycles. The lowest BCUT2D eigenvalue weighted by molar-refractivity contribution is -0.122. The molecular formula is C14H19N3O2S. The number of thiophene rings is 1. The molecule has 20 heavy (non-hydrogen) atoms. The third-order valence-corrected chi connectivity index (χ3v) is 3.30. The summed E-state index contributed by atoms with van der Waals surface area (Å²) in [5.41, 5.74) is 5.30. The Kier molecular flexibility index (Phi) is 6.22. The molecule has 1 aromatic rings. The maximum Gasteiger partial charge on any atom is 0.264 e. The maximum atomic E-state index is 12.1. The van der Waals surface area contributed by atoms with Crippen LogP contribution in [0.2, 0.25) is 0 Å². The standard InChI is InChI=1S/C14H19N3O2S/c1-10(2)16-13(18)9-17(3)14(19)12-7-6-11(20-12)5-4-8-15/h6-7,10H,8-9,15H2,1-3H3,(H,16,18). The first-order valence-corrected chi connectivity index (χ1v) is 7.09. The van der Waals surface area contributed by atoms with Gasteiger partial charge in [0.2, 0.25) is 5.91 Å². The number of carbonyl (C=O) groups is 2. The number of nitrogens with two attached hydrogens (primary N) is 1. The van der Waals surface area contributed by atoms with Crippen molar-refractivity contribution in [2.75, 3.05) is 20.1 Å². The number of carbonyl (C=O) groups excluding carboxylic acids is 2. The van der Waals surface area contributed by atoms with Crippen molar-refractivity contribution in [2.24, 2.45) is 5.73 Å². The van der Waals surface area contributed by atoms with Gasteiger partial charge in [-0.2, -0.15) is 0 Å². The fourth-order valence-electron chi connectivity index (χ4n) is 1.50. The summed E-state index contributed by atoms with van der Waals surface area (Å²) >= 11 is 1.30. The summed E-state index contributed by atoms with van der Waals surface area (Å²) in [6.07, 6.45) is 0. The first kappa shape index (κ1) is 16.2. The molecule has 1 rings (SSSR count). The number of nitrogens with zero attached hydrogens (tertiary/aromatic N) is 1. The summed E-state index contributed by atoms with van der Waals surface area (Å²) < 4.78 is 0. The van der Waals surface area contributed by atoms with Gasteiger partial charge in [0.15, 0.2) is 0 Å². The highest BCUT2D eigenvalue weighted by Crippen LogP contribution is 2.16. The molecule has 0 aliphatic heterocycles. The zero-order valence-electron chi connectivity index (χ0n) is 11.9. The molecule has 0 radical (unpaired) electrons. The Labute approximate surface area is 123 Å². The van der Waals surface area contributed by atoms with Crippen molar-refractivity contribution in [1.29, 1.82) is 0 Å². The monoisotopic (exact) mass is 293 g/mol. The van der Waals surface area contributed by atoms with Crippen LogP contribution in [-0.2, 0) is 4.79 Å². The van der Waals surface area contributed by atoms with E-state index in [1.54, 1.807) is 19.2 Å². The van der Waals surface area contributed by atoms with Crippen LogP contribution in [-0.4, -0.2) is 42.9 Å². The van der Waals surface area contributed by atoms with Crippen LogP contribution >= 0.6 is 11.3 Å². The Morgan fingerprint density at radius 1 is 1.45 bits per heavy atom. The topological polar surface area (TPSA) is 75.4 Å². The van der Waals surface area contributed by atoms with E-state index in [1.165, 1.54) is 16.2 Å². The maximum absolute atomic E-state index is 12.1. The van der Waals surface area contributed by atoms with Crippen LogP contribution in [0.3, 0.4) is 0 Å². The van der Waals surface area contributed by atoms with Gasteiger partial charge in [-0.25, -0.2) is 0 Å². The smallest absolute Gasteiger partial charge is 0.264 e. The van der Waals surface area contributed by atoms with Gasteiger partial charge in [-0.05, 0) is 26.0 Å². The van der Waals surface area contributed by atoms with Crippen LogP contribution in [0, 0.1) is 11.8 Å². The number of hydrogen-bond acceptors (Lipinski definition) is 4. The molecule has 0 saturated carbocycles. The molecule has 0 atom stereocenters. The predicted octanol–water partition coefficient (Wildman–Crippen LogP) is 0.655. The summed E-state index contributed by atoms with van der Waals surface area (Å²) in [7, 11) is 1.60. The molecule has 0 spiro atoms. The number of nitrogens with one attached hydrogen (secondary N) is 1. The molecule has 6 heteroatoms. The first-order chi connectivity index (χ1) is 9.43. The third kappa shape index (κ3) is 5.03. The second-order valence-corrected chi connectivity index (χ2v) is 5.64. The van der Waals surface area contributed by atoms with Crippen molar-refractivity contribution in [3.05, 3.63) is 21.9 Å². The molecule has 0 unspecified atom stereocenters. The lowest BCUT2D eigenvalue weighted by Gasteiger charge is -2.17. The van der Waals surface area contributed by atoms with Gasteiger partial charge >= 0.3 is 0 Å². The molecule has 5 nitrogen and oxygen atoms in total. The normalized spacial score (nSPS) is 9.85. The third-order valence-electron chi connectivity index (χ3n) is 2.31. The fraction of sp³-hybridized carbons (Fsp3) is 0.429. The van der Waals surface area contributed by atoms with Crippen LogP contribution in [0.25, 0.3) is 0 Å². The molecule has 1 aromatic heterocycles. The average Bonchev–Trinajstić information content (AvgIpc) is 2.82. The van der Waals surface area contributed by atoms with E-state index in [0.717, 1.165) is 4.88 Å². The van der Waals surface area contributed by atoms with Crippen LogP contribution in [0.15, 0.2) is 12.1 Å². The molecule has 1 heterocycles. The van der Waals surface area contributed by atoms with E-state index in [1.807, 2.05) is 13.8 Å². The lowest BCUT2D eigenvalue weighted by Crippen LogP contribution is -2.40. The zero-order valence-corrected chi connectivity index (χ0v) is 12.7. The summed E-state index contributed by atoms with van der Waals surface area (Å²) in [6, 6.07) is 3.55. The summed E-state index contributed by atoms with van der Waals surface area (Å²) in [6.45, 7) is 4.08. The second kappa shape index (κ2) is 7.68. The van der Waals surface area contributed by atoms with E-state index < -0.39 is 0 Å². The highest BCUT2D eigenvalue weighted by Gasteiger charge is 2.16. The molecule has 0 aliphatic rings. The van der Waals surface area contributed by atoms with Crippen molar-refractivity contribution < 1.29 is 9.59 Å². The number of hydrogen-bond donors (Lipinski definition) is 2. The largest absolute Gasteiger partial charge is 0.352 e. The molecule has 3 N–H and O–H groups in total. The Balaban J connectivity index is 2.65. The van der Waals surface area contributed by atoms with E-state index in [4.69, 9.17) is 5.73 Å². The van der Waals surface area contributed by atoms with Gasteiger partial charge in [-0.3, -0.25) is 9.59 Å². The lowest BCUT2D eigenvalue weighted by atomic mass is 10.3. The minimum atomic E-state index is -0.185. The highest BCUT2D eigenvalue weighted by atomic mass is 32.1. The number of amides is 2. The van der Waals surface area contributed by atoms with Crippen molar-refractivity contribution in [3.8, 4) is 11.8 Å². The minimum Gasteiger partial charge on any atom is -0.352 e. The minimum absolute atomic E-state index is 0.0404. The van der Waals surface area contributed by atoms with E-state index in [0.29, 0.717) is 4.88 Å². The average molecular weight is 293 g/mol. The number of rotatable bonds is 4. The molecule has 0 saturated heterocycles. The van der Waals surface area contributed by atoms with Gasteiger partial charge in [0.1, 0.15) is 0 Å². The highest BCUT2D eigenvalue weighted by molar-refractivity contribution is 7.14. The van der Waals surface area contributed by atoms with Gasteiger partial charge in [-0.1, -0.05) is 11.8 Å². The van der Waals surface area contributed by atoms with E-state index >= 15 is 0 Å². The Bertz CT molecular complexity index is 540. The van der Waals surface area contributed by atoms with E-state index in [-0.39, 0.29) is 30.9 Å². The Hall–Kier alpha value is -1.84. The zero-order chi connectivity index (χ0) is 15.1. The quantitative estimate of drug-likeness (QED) is 0.801. The van der Waals surface area contributed by atoms with E-state index in [9.17, 15) is 9.59 Å². The van der Waals surface area contributed by atoms with Crippen molar-refractivity contribution in [3.63, 3.8) is 0 Å². The van der Waals surface area contributed by atoms with Crippen LogP contribution in [0.5, 0.6) is 0 Å². The van der Waals surface area contributed by atoms with Gasteiger partial charge in [-0.15, -0.1) is 11.3 Å². The van der Waals surface area contributed by atoms with Gasteiger partial charge in [0, 0.05) is 13.1 Å². The predicted molar refractivity (Wildman–Crippen MR) is 80.5 cm³/mol. The van der Waals surface area contributed by atoms with Gasteiger partial charge < -0.3 is 16.0 Å². The van der Waals surface area contributed by atoms with Crippen molar-refractivity contribution in [1.82, 2.24) is 10.2 Å². The first-order valence-electron chi connectivity index (χ1n) is 6.27. The molecular weight excluding hydrogens is 274 g/mol. The van der Waals surface area contributed by atoms with Gasteiger partial charge in [0.05, 0.1) is 22.8 Å². The van der Waals surface area contributed by atoms with E-state index in [2.05, 4.69) is 17.2 Å².